The average Bonchev–Trinajstić information content (AvgIpc) is 2.61. The molecule has 0 amide bonds. The van der Waals surface area contributed by atoms with Crippen LogP contribution in [-0.2, 0) is 0 Å². The molecule has 0 heterocycles. The number of rotatable bonds is 7. The largest absolute Gasteiger partial charge is 0.494 e. The molecule has 116 valence electrons. The second kappa shape index (κ2) is 8.55. The standard InChI is InChI=1S/C20H19NO2/c1-2-3-13-23-19-11-9-16(10-12-19)14-18(15-21)20(22)17-7-5-4-6-8-17/h4-12,14H,2-3,13H2,1H3. The fraction of sp³-hybridized carbons (Fsp3) is 0.200. The van der Waals surface area contributed by atoms with Crippen molar-refractivity contribution in [3.8, 4) is 11.8 Å². The minimum absolute atomic E-state index is 0.121. The third kappa shape index (κ3) is 4.82. The van der Waals surface area contributed by atoms with Crippen LogP contribution in [0.2, 0.25) is 0 Å². The Bertz CT molecular complexity index is 710. The van der Waals surface area contributed by atoms with Gasteiger partial charge in [-0.2, -0.15) is 5.26 Å². The molecule has 0 saturated carbocycles. The van der Waals surface area contributed by atoms with Crippen LogP contribution in [0.1, 0.15) is 35.7 Å². The second-order valence-corrected chi connectivity index (χ2v) is 5.14. The Labute approximate surface area is 136 Å². The maximum Gasteiger partial charge on any atom is 0.203 e. The summed E-state index contributed by atoms with van der Waals surface area (Å²) < 4.78 is 5.60. The molecule has 2 rings (SSSR count). The lowest BCUT2D eigenvalue weighted by molar-refractivity contribution is 0.104. The number of benzene rings is 2. The van der Waals surface area contributed by atoms with Crippen molar-refractivity contribution in [2.75, 3.05) is 6.61 Å². The summed E-state index contributed by atoms with van der Waals surface area (Å²) in [6.07, 6.45) is 3.71. The number of Topliss-reactive ketones (excluding diaryl/α,β-unsaturated/α-hetero) is 1. The maximum absolute atomic E-state index is 12.3. The Kier molecular flexibility index (Phi) is 6.14. The lowest BCUT2D eigenvalue weighted by Crippen LogP contribution is -2.01. The predicted molar refractivity (Wildman–Crippen MR) is 91.2 cm³/mol. The van der Waals surface area contributed by atoms with E-state index in [2.05, 4.69) is 6.92 Å². The monoisotopic (exact) mass is 305 g/mol. The van der Waals surface area contributed by atoms with Crippen LogP contribution in [0, 0.1) is 11.3 Å². The van der Waals surface area contributed by atoms with E-state index in [1.54, 1.807) is 30.3 Å². The Morgan fingerprint density at radius 1 is 1.13 bits per heavy atom. The number of carbonyl (C=O) groups is 1. The molecule has 0 aliphatic rings. The summed E-state index contributed by atoms with van der Waals surface area (Å²) in [5.41, 5.74) is 1.43. The third-order valence-corrected chi connectivity index (χ3v) is 3.36. The quantitative estimate of drug-likeness (QED) is 0.324. The molecule has 0 aliphatic carbocycles. The molecule has 0 bridgehead atoms. The van der Waals surface area contributed by atoms with Gasteiger partial charge in [-0.1, -0.05) is 55.8 Å². The van der Waals surface area contributed by atoms with Crippen LogP contribution in [0.3, 0.4) is 0 Å². The first-order valence-electron chi connectivity index (χ1n) is 7.69. The number of unbranched alkanes of at least 4 members (excludes halogenated alkanes) is 1. The van der Waals surface area contributed by atoms with E-state index in [0.717, 1.165) is 24.2 Å². The number of ether oxygens (including phenoxy) is 1. The highest BCUT2D eigenvalue weighted by atomic mass is 16.5. The Balaban J connectivity index is 2.12. The minimum atomic E-state index is -0.267. The van der Waals surface area contributed by atoms with Crippen LogP contribution in [-0.4, -0.2) is 12.4 Å². The predicted octanol–water partition coefficient (Wildman–Crippen LogP) is 4.66. The molecule has 0 unspecified atom stereocenters. The van der Waals surface area contributed by atoms with Gasteiger partial charge >= 0.3 is 0 Å². The highest BCUT2D eigenvalue weighted by molar-refractivity contribution is 6.13. The van der Waals surface area contributed by atoms with Gasteiger partial charge in [0.15, 0.2) is 0 Å². The van der Waals surface area contributed by atoms with Crippen LogP contribution < -0.4 is 4.74 Å². The molecule has 0 fully saturated rings. The normalized spacial score (nSPS) is 10.9. The number of hydrogen-bond donors (Lipinski definition) is 0. The average molecular weight is 305 g/mol. The molecule has 0 saturated heterocycles. The summed E-state index contributed by atoms with van der Waals surface area (Å²) >= 11 is 0. The third-order valence-electron chi connectivity index (χ3n) is 3.36. The second-order valence-electron chi connectivity index (χ2n) is 5.14. The zero-order chi connectivity index (χ0) is 16.5. The number of nitriles is 1. The number of ketones is 1. The summed E-state index contributed by atoms with van der Waals surface area (Å²) in [6, 6.07) is 18.2. The van der Waals surface area contributed by atoms with Gasteiger partial charge in [-0.15, -0.1) is 0 Å². The molecule has 0 aromatic heterocycles. The zero-order valence-electron chi connectivity index (χ0n) is 13.2. The number of hydrogen-bond acceptors (Lipinski definition) is 3. The molecule has 0 atom stereocenters. The summed E-state index contributed by atoms with van der Waals surface area (Å²) in [6.45, 7) is 2.81. The van der Waals surface area contributed by atoms with Crippen LogP contribution in [0.4, 0.5) is 0 Å². The van der Waals surface area contributed by atoms with Gasteiger partial charge in [0.25, 0.3) is 0 Å². The highest BCUT2D eigenvalue weighted by Gasteiger charge is 2.11. The van der Waals surface area contributed by atoms with Gasteiger partial charge < -0.3 is 4.74 Å². The van der Waals surface area contributed by atoms with E-state index in [0.29, 0.717) is 12.2 Å². The molecule has 2 aromatic carbocycles. The number of allylic oxidation sites excluding steroid dienone is 1. The van der Waals surface area contributed by atoms with Gasteiger partial charge in [0.2, 0.25) is 5.78 Å². The maximum atomic E-state index is 12.3. The zero-order valence-corrected chi connectivity index (χ0v) is 13.2. The molecular weight excluding hydrogens is 286 g/mol. The molecule has 0 spiro atoms. The van der Waals surface area contributed by atoms with E-state index >= 15 is 0 Å². The van der Waals surface area contributed by atoms with E-state index in [-0.39, 0.29) is 11.4 Å². The fourth-order valence-electron chi connectivity index (χ4n) is 2.05. The van der Waals surface area contributed by atoms with Crippen molar-refractivity contribution in [3.63, 3.8) is 0 Å². The molecular formula is C20H19NO2. The molecule has 23 heavy (non-hydrogen) atoms. The molecule has 3 heteroatoms. The Hall–Kier alpha value is -2.86. The number of nitrogens with zero attached hydrogens (tertiary/aromatic N) is 1. The smallest absolute Gasteiger partial charge is 0.203 e. The van der Waals surface area contributed by atoms with Crippen molar-refractivity contribution in [1.82, 2.24) is 0 Å². The first-order chi connectivity index (χ1) is 11.2. The van der Waals surface area contributed by atoms with Crippen molar-refractivity contribution in [3.05, 3.63) is 71.3 Å². The van der Waals surface area contributed by atoms with E-state index in [1.165, 1.54) is 0 Å². The number of carbonyl (C=O) groups excluding carboxylic acids is 1. The minimum Gasteiger partial charge on any atom is -0.494 e. The Morgan fingerprint density at radius 2 is 1.83 bits per heavy atom. The van der Waals surface area contributed by atoms with E-state index in [4.69, 9.17) is 4.74 Å². The lowest BCUT2D eigenvalue weighted by Gasteiger charge is -2.05. The first kappa shape index (κ1) is 16.5. The summed E-state index contributed by atoms with van der Waals surface area (Å²) in [4.78, 5) is 12.3. The van der Waals surface area contributed by atoms with E-state index < -0.39 is 0 Å². The fourth-order valence-corrected chi connectivity index (χ4v) is 2.05. The van der Waals surface area contributed by atoms with Crippen LogP contribution in [0.25, 0.3) is 6.08 Å². The molecule has 3 nitrogen and oxygen atoms in total. The van der Waals surface area contributed by atoms with Crippen molar-refractivity contribution >= 4 is 11.9 Å². The summed E-state index contributed by atoms with van der Waals surface area (Å²) in [5, 5.41) is 9.25. The van der Waals surface area contributed by atoms with Crippen molar-refractivity contribution < 1.29 is 9.53 Å². The van der Waals surface area contributed by atoms with Gasteiger partial charge in [-0.05, 0) is 30.2 Å². The van der Waals surface area contributed by atoms with E-state index in [9.17, 15) is 10.1 Å². The first-order valence-corrected chi connectivity index (χ1v) is 7.69. The Morgan fingerprint density at radius 3 is 2.43 bits per heavy atom. The molecule has 0 aliphatic heterocycles. The van der Waals surface area contributed by atoms with Gasteiger partial charge in [0.1, 0.15) is 17.4 Å². The van der Waals surface area contributed by atoms with Gasteiger partial charge in [-0.25, -0.2) is 0 Å². The molecule has 0 N–H and O–H groups in total. The summed E-state index contributed by atoms with van der Waals surface area (Å²) in [5.74, 6) is 0.528. The summed E-state index contributed by atoms with van der Waals surface area (Å²) in [7, 11) is 0. The topological polar surface area (TPSA) is 50.1 Å². The van der Waals surface area contributed by atoms with Crippen LogP contribution in [0.5, 0.6) is 5.75 Å². The van der Waals surface area contributed by atoms with Crippen molar-refractivity contribution in [2.24, 2.45) is 0 Å². The van der Waals surface area contributed by atoms with E-state index in [1.807, 2.05) is 36.4 Å². The molecule has 2 aromatic rings. The molecule has 0 radical (unpaired) electrons. The lowest BCUT2D eigenvalue weighted by atomic mass is 10.0. The van der Waals surface area contributed by atoms with Crippen LogP contribution >= 0.6 is 0 Å². The van der Waals surface area contributed by atoms with Crippen molar-refractivity contribution in [1.29, 1.82) is 5.26 Å². The van der Waals surface area contributed by atoms with Gasteiger partial charge in [0, 0.05) is 5.56 Å². The van der Waals surface area contributed by atoms with Crippen LogP contribution in [0.15, 0.2) is 60.2 Å². The van der Waals surface area contributed by atoms with Crippen molar-refractivity contribution in [2.45, 2.75) is 19.8 Å². The van der Waals surface area contributed by atoms with Gasteiger partial charge in [-0.3, -0.25) is 4.79 Å². The highest BCUT2D eigenvalue weighted by Crippen LogP contribution is 2.16. The van der Waals surface area contributed by atoms with Gasteiger partial charge in [0.05, 0.1) is 6.61 Å². The SMILES string of the molecule is CCCCOc1ccc(C=C(C#N)C(=O)c2ccccc2)cc1.